The maximum absolute atomic E-state index is 12.3. The molecule has 1 N–H and O–H groups in total. The number of anilines is 1. The van der Waals surface area contributed by atoms with Gasteiger partial charge < -0.3 is 5.32 Å². The minimum atomic E-state index is -0.124. The number of hydrogen-bond donors (Lipinski definition) is 1. The number of aromatic nitrogens is 2. The fourth-order valence-corrected chi connectivity index (χ4v) is 3.01. The smallest absolute Gasteiger partial charge is 0.229 e. The van der Waals surface area contributed by atoms with Crippen LogP contribution in [0.15, 0.2) is 60.7 Å². The highest BCUT2D eigenvalue weighted by atomic mass is 32.1. The van der Waals surface area contributed by atoms with Crippen LogP contribution in [0.5, 0.6) is 0 Å². The second-order valence-corrected chi connectivity index (χ2v) is 6.34. The molecule has 1 heterocycles. The van der Waals surface area contributed by atoms with E-state index >= 15 is 0 Å². The molecule has 3 aromatic rings. The van der Waals surface area contributed by atoms with Crippen molar-refractivity contribution in [2.45, 2.75) is 41.0 Å². The normalized spacial score (nSPS) is 10.6. The third-order valence-corrected chi connectivity index (χ3v) is 4.40. The van der Waals surface area contributed by atoms with Gasteiger partial charge in [0.25, 0.3) is 0 Å². The molecule has 1 amide bonds. The number of carbonyl (C=O) groups excluding carboxylic acids is 1. The molecule has 0 aliphatic carbocycles. The number of nitrogens with one attached hydrogen (secondary N) is 1. The van der Waals surface area contributed by atoms with E-state index in [9.17, 15) is 4.79 Å². The van der Waals surface area contributed by atoms with Crippen LogP contribution < -0.4 is 5.32 Å². The molecule has 1 aromatic heterocycles. The van der Waals surface area contributed by atoms with E-state index in [2.05, 4.69) is 15.5 Å². The topological polar surface area (TPSA) is 54.9 Å². The van der Waals surface area contributed by atoms with E-state index in [1.165, 1.54) is 11.3 Å². The molecule has 144 valence electrons. The quantitative estimate of drug-likeness (QED) is 0.581. The minimum absolute atomic E-state index is 0.0374. The van der Waals surface area contributed by atoms with Crippen LogP contribution >= 0.6 is 11.3 Å². The third kappa shape index (κ3) is 7.31. The Morgan fingerprint density at radius 1 is 0.926 bits per heavy atom. The van der Waals surface area contributed by atoms with Crippen molar-refractivity contribution in [2.24, 2.45) is 5.92 Å². The van der Waals surface area contributed by atoms with Crippen molar-refractivity contribution in [3.05, 3.63) is 66.2 Å². The molecule has 0 fully saturated rings. The lowest BCUT2D eigenvalue weighted by Gasteiger charge is -2.10. The summed E-state index contributed by atoms with van der Waals surface area (Å²) in [5.41, 5.74) is 2.15. The summed E-state index contributed by atoms with van der Waals surface area (Å²) in [6, 6.07) is 19.8. The van der Waals surface area contributed by atoms with E-state index in [4.69, 9.17) is 0 Å². The number of carbonyl (C=O) groups is 1. The molecular formula is C22H29N3OS. The lowest BCUT2D eigenvalue weighted by atomic mass is 10.0. The van der Waals surface area contributed by atoms with E-state index in [-0.39, 0.29) is 11.8 Å². The summed E-state index contributed by atoms with van der Waals surface area (Å²) in [5, 5.41) is 12.4. The summed E-state index contributed by atoms with van der Waals surface area (Å²) in [7, 11) is 0. The number of nitrogens with zero attached hydrogens (tertiary/aromatic N) is 2. The van der Waals surface area contributed by atoms with E-state index in [1.807, 2.05) is 95.3 Å². The molecule has 5 heteroatoms. The lowest BCUT2D eigenvalue weighted by Crippen LogP contribution is -2.22. The van der Waals surface area contributed by atoms with Crippen LogP contribution in [0.3, 0.4) is 0 Å². The summed E-state index contributed by atoms with van der Waals surface area (Å²) in [5.74, 6) is -0.161. The van der Waals surface area contributed by atoms with Gasteiger partial charge >= 0.3 is 0 Å². The first kappa shape index (κ1) is 22.5. The molecule has 0 bridgehead atoms. The van der Waals surface area contributed by atoms with Crippen LogP contribution in [0.2, 0.25) is 0 Å². The third-order valence-electron chi connectivity index (χ3n) is 3.51. The highest BCUT2D eigenvalue weighted by molar-refractivity contribution is 7.18. The van der Waals surface area contributed by atoms with Crippen LogP contribution in [0.4, 0.5) is 5.13 Å². The first-order valence-corrected chi connectivity index (χ1v) is 10.3. The Balaban J connectivity index is 0.000000855. The van der Waals surface area contributed by atoms with Gasteiger partial charge in [0.1, 0.15) is 5.01 Å². The molecular weight excluding hydrogens is 354 g/mol. The minimum Gasteiger partial charge on any atom is -0.300 e. The lowest BCUT2D eigenvalue weighted by molar-refractivity contribution is -0.119. The standard InChI is InChI=1S/C18H17N3OS.2C2H6/c1-13(12-14-8-4-2-5-9-14)16(22)19-18-21-20-17(23-18)15-10-6-3-7-11-15;2*1-2/h2-11,13H,12H2,1H3,(H,19,21,22);2*1-2H3. The van der Waals surface area contributed by atoms with Gasteiger partial charge in [-0.3, -0.25) is 4.79 Å². The zero-order valence-corrected chi connectivity index (χ0v) is 17.6. The second kappa shape index (κ2) is 12.8. The number of benzene rings is 2. The summed E-state index contributed by atoms with van der Waals surface area (Å²) < 4.78 is 0. The zero-order chi connectivity index (χ0) is 20.1. The molecule has 0 saturated heterocycles. The van der Waals surface area contributed by atoms with Gasteiger partial charge in [-0.25, -0.2) is 0 Å². The zero-order valence-electron chi connectivity index (χ0n) is 16.8. The Bertz CT molecular complexity index is 773. The number of hydrogen-bond acceptors (Lipinski definition) is 4. The van der Waals surface area contributed by atoms with Crippen molar-refractivity contribution < 1.29 is 4.79 Å². The molecule has 2 aromatic carbocycles. The first-order chi connectivity index (χ1) is 13.2. The van der Waals surface area contributed by atoms with E-state index in [0.29, 0.717) is 11.6 Å². The van der Waals surface area contributed by atoms with E-state index < -0.39 is 0 Å². The van der Waals surface area contributed by atoms with Gasteiger partial charge in [0.05, 0.1) is 0 Å². The first-order valence-electron chi connectivity index (χ1n) is 9.46. The van der Waals surface area contributed by atoms with Crippen molar-refractivity contribution in [3.8, 4) is 10.6 Å². The van der Waals surface area contributed by atoms with Gasteiger partial charge in [-0.15, -0.1) is 10.2 Å². The van der Waals surface area contributed by atoms with Crippen molar-refractivity contribution in [1.29, 1.82) is 0 Å². The number of amides is 1. The summed E-state index contributed by atoms with van der Waals surface area (Å²) in [4.78, 5) is 12.3. The molecule has 4 nitrogen and oxygen atoms in total. The van der Waals surface area contributed by atoms with Crippen LogP contribution in [0.25, 0.3) is 10.6 Å². The van der Waals surface area contributed by atoms with Gasteiger partial charge in [0, 0.05) is 11.5 Å². The maximum atomic E-state index is 12.3. The maximum Gasteiger partial charge on any atom is 0.229 e. The average Bonchev–Trinajstić information content (AvgIpc) is 3.21. The van der Waals surface area contributed by atoms with Gasteiger partial charge in [0.2, 0.25) is 11.0 Å². The molecule has 0 spiro atoms. The molecule has 1 unspecified atom stereocenters. The molecule has 0 aliphatic heterocycles. The summed E-state index contributed by atoms with van der Waals surface area (Å²) in [6.45, 7) is 9.92. The fraction of sp³-hybridized carbons (Fsp3) is 0.318. The Labute approximate surface area is 166 Å². The average molecular weight is 384 g/mol. The Hall–Kier alpha value is -2.53. The SMILES string of the molecule is CC.CC.CC(Cc1ccccc1)C(=O)Nc1nnc(-c2ccccc2)s1. The molecule has 3 rings (SSSR count). The summed E-state index contributed by atoms with van der Waals surface area (Å²) >= 11 is 1.38. The second-order valence-electron chi connectivity index (χ2n) is 5.36. The van der Waals surface area contributed by atoms with Gasteiger partial charge in [0.15, 0.2) is 0 Å². The Morgan fingerprint density at radius 2 is 1.48 bits per heavy atom. The van der Waals surface area contributed by atoms with E-state index in [1.54, 1.807) is 0 Å². The highest BCUT2D eigenvalue weighted by Gasteiger charge is 2.16. The molecule has 0 radical (unpaired) electrons. The summed E-state index contributed by atoms with van der Waals surface area (Å²) in [6.07, 6.45) is 0.705. The van der Waals surface area contributed by atoms with E-state index in [0.717, 1.165) is 16.1 Å². The van der Waals surface area contributed by atoms with Crippen molar-refractivity contribution >= 4 is 22.4 Å². The Kier molecular flexibility index (Phi) is 10.6. The van der Waals surface area contributed by atoms with Crippen molar-refractivity contribution in [1.82, 2.24) is 10.2 Å². The highest BCUT2D eigenvalue weighted by Crippen LogP contribution is 2.26. The van der Waals surface area contributed by atoms with Crippen LogP contribution in [-0.2, 0) is 11.2 Å². The largest absolute Gasteiger partial charge is 0.300 e. The van der Waals surface area contributed by atoms with Crippen molar-refractivity contribution in [2.75, 3.05) is 5.32 Å². The number of rotatable bonds is 5. The predicted octanol–water partition coefficient (Wildman–Crippen LogP) is 6.07. The fourth-order valence-electron chi connectivity index (χ4n) is 2.26. The van der Waals surface area contributed by atoms with Gasteiger partial charge in [-0.2, -0.15) is 0 Å². The van der Waals surface area contributed by atoms with Crippen LogP contribution in [0, 0.1) is 5.92 Å². The van der Waals surface area contributed by atoms with Crippen LogP contribution in [-0.4, -0.2) is 16.1 Å². The molecule has 27 heavy (non-hydrogen) atoms. The van der Waals surface area contributed by atoms with Gasteiger partial charge in [-0.05, 0) is 12.0 Å². The molecule has 0 aliphatic rings. The van der Waals surface area contributed by atoms with Gasteiger partial charge in [-0.1, -0.05) is 107 Å². The molecule has 1 atom stereocenters. The monoisotopic (exact) mass is 383 g/mol. The van der Waals surface area contributed by atoms with Crippen molar-refractivity contribution in [3.63, 3.8) is 0 Å². The van der Waals surface area contributed by atoms with Crippen LogP contribution in [0.1, 0.15) is 40.2 Å². The molecule has 0 saturated carbocycles. The Morgan fingerprint density at radius 3 is 2.07 bits per heavy atom. The predicted molar refractivity (Wildman–Crippen MR) is 116 cm³/mol.